The van der Waals surface area contributed by atoms with Gasteiger partial charge in [0.25, 0.3) is 11.8 Å². The molecule has 2 fully saturated rings. The van der Waals surface area contributed by atoms with Gasteiger partial charge < -0.3 is 29.2 Å². The van der Waals surface area contributed by atoms with Crippen LogP contribution in [0.4, 0.5) is 0 Å². The van der Waals surface area contributed by atoms with Gasteiger partial charge in [0.05, 0.1) is 23.0 Å². The van der Waals surface area contributed by atoms with E-state index in [0.29, 0.717) is 32.4 Å². The van der Waals surface area contributed by atoms with Gasteiger partial charge in [-0.05, 0) is 58.7 Å². The summed E-state index contributed by atoms with van der Waals surface area (Å²) >= 11 is 12.9. The Morgan fingerprint density at radius 2 is 0.948 bits per heavy atom. The molecule has 0 aliphatic carbocycles. The quantitative estimate of drug-likeness (QED) is 0.0436. The zero-order valence-electron chi connectivity index (χ0n) is 30.6. The average Bonchev–Trinajstić information content (AvgIpc) is 3.65. The Hall–Kier alpha value is -5.36. The van der Waals surface area contributed by atoms with Crippen molar-refractivity contribution in [3.63, 3.8) is 0 Å². The zero-order valence-corrected chi connectivity index (χ0v) is 33.9. The molecule has 2 aliphatic heterocycles. The van der Waals surface area contributed by atoms with E-state index in [1.54, 1.807) is 60.7 Å². The maximum absolute atomic E-state index is 13.2. The van der Waals surface area contributed by atoms with Crippen LogP contribution < -0.4 is 9.47 Å². The Bertz CT molecular complexity index is 2040. The van der Waals surface area contributed by atoms with E-state index in [9.17, 15) is 29.4 Å². The van der Waals surface area contributed by atoms with Crippen molar-refractivity contribution in [1.82, 2.24) is 9.80 Å². The maximum atomic E-state index is 13.2. The Kier molecular flexibility index (Phi) is 14.8. The van der Waals surface area contributed by atoms with Crippen molar-refractivity contribution in [1.29, 1.82) is 0 Å². The van der Waals surface area contributed by atoms with Gasteiger partial charge in [0, 0.05) is 12.8 Å². The van der Waals surface area contributed by atoms with Crippen LogP contribution in [0.5, 0.6) is 11.5 Å². The molecule has 0 radical (unpaired) electrons. The first-order valence-corrected chi connectivity index (χ1v) is 20.2. The molecule has 298 valence electrons. The SMILES string of the molecule is O=C(O)C(Cc1ccccc1)N1C(=O)C(=Cc2ccc(OCOCCOCOc3ccc(C=C4SC(=S)N(C(Cc5ccccc5)C(=O)O)C4=O)cc3)cc2)SC1=S. The molecule has 2 aliphatic rings. The third-order valence-electron chi connectivity index (χ3n) is 8.73. The predicted molar refractivity (Wildman–Crippen MR) is 229 cm³/mol. The largest absolute Gasteiger partial charge is 0.480 e. The number of carboxylic acid groups (broad SMARTS) is 2. The van der Waals surface area contributed by atoms with Crippen molar-refractivity contribution >= 4 is 92.5 Å². The van der Waals surface area contributed by atoms with Crippen LogP contribution in [0.2, 0.25) is 0 Å². The highest BCUT2D eigenvalue weighted by Gasteiger charge is 2.41. The number of benzene rings is 4. The summed E-state index contributed by atoms with van der Waals surface area (Å²) < 4.78 is 22.7. The van der Waals surface area contributed by atoms with Crippen molar-refractivity contribution in [2.45, 2.75) is 24.9 Å². The highest BCUT2D eigenvalue weighted by molar-refractivity contribution is 8.27. The fraction of sp³-hybridized carbons (Fsp3) is 0.190. The molecule has 2 atom stereocenters. The van der Waals surface area contributed by atoms with Gasteiger partial charge in [-0.1, -0.05) is 133 Å². The number of carbonyl (C=O) groups is 4. The van der Waals surface area contributed by atoms with Gasteiger partial charge in [0.2, 0.25) is 0 Å². The molecule has 4 aromatic rings. The van der Waals surface area contributed by atoms with Crippen LogP contribution in [-0.2, 0) is 41.5 Å². The van der Waals surface area contributed by atoms with E-state index in [4.69, 9.17) is 43.4 Å². The number of amides is 2. The van der Waals surface area contributed by atoms with Gasteiger partial charge in [-0.15, -0.1) is 0 Å². The molecular formula is C42H36N2O10S4. The second-order valence-electron chi connectivity index (χ2n) is 12.7. The summed E-state index contributed by atoms with van der Waals surface area (Å²) in [6.07, 6.45) is 3.61. The summed E-state index contributed by atoms with van der Waals surface area (Å²) in [5, 5.41) is 19.8. The Balaban J connectivity index is 0.886. The summed E-state index contributed by atoms with van der Waals surface area (Å²) in [6, 6.07) is 30.0. The first-order chi connectivity index (χ1) is 28.1. The lowest BCUT2D eigenvalue weighted by molar-refractivity contribution is -0.145. The molecule has 6 rings (SSSR count). The molecule has 2 heterocycles. The number of carboxylic acids is 2. The van der Waals surface area contributed by atoms with E-state index in [2.05, 4.69) is 0 Å². The van der Waals surface area contributed by atoms with Gasteiger partial charge in [0.15, 0.2) is 13.6 Å². The van der Waals surface area contributed by atoms with Crippen molar-refractivity contribution in [3.8, 4) is 11.5 Å². The molecule has 2 amide bonds. The minimum absolute atomic E-state index is 0.0234. The molecule has 0 aromatic heterocycles. The number of thiocarbonyl (C=S) groups is 2. The van der Waals surface area contributed by atoms with Gasteiger partial charge in [0.1, 0.15) is 32.2 Å². The molecular weight excluding hydrogens is 821 g/mol. The minimum atomic E-state index is -1.13. The van der Waals surface area contributed by atoms with Crippen molar-refractivity contribution < 1.29 is 48.3 Å². The lowest BCUT2D eigenvalue weighted by Gasteiger charge is -2.23. The van der Waals surface area contributed by atoms with Gasteiger partial charge >= 0.3 is 11.9 Å². The number of hydrogen-bond acceptors (Lipinski definition) is 12. The first-order valence-electron chi connectivity index (χ1n) is 17.8. The van der Waals surface area contributed by atoms with Gasteiger partial charge in [-0.3, -0.25) is 19.4 Å². The van der Waals surface area contributed by atoms with E-state index >= 15 is 0 Å². The molecule has 2 saturated heterocycles. The molecule has 4 aromatic carbocycles. The summed E-state index contributed by atoms with van der Waals surface area (Å²) in [6.45, 7) is 0.445. The highest BCUT2D eigenvalue weighted by Crippen LogP contribution is 2.36. The lowest BCUT2D eigenvalue weighted by atomic mass is 10.0. The van der Waals surface area contributed by atoms with Crippen LogP contribution in [-0.4, -0.2) is 91.3 Å². The fourth-order valence-electron chi connectivity index (χ4n) is 5.83. The molecule has 58 heavy (non-hydrogen) atoms. The number of ether oxygens (including phenoxy) is 4. The molecule has 0 saturated carbocycles. The molecule has 2 N–H and O–H groups in total. The van der Waals surface area contributed by atoms with E-state index < -0.39 is 35.8 Å². The highest BCUT2D eigenvalue weighted by atomic mass is 32.2. The van der Waals surface area contributed by atoms with Crippen LogP contribution in [0.25, 0.3) is 12.2 Å². The summed E-state index contributed by atoms with van der Waals surface area (Å²) in [7, 11) is 0. The Morgan fingerprint density at radius 3 is 1.29 bits per heavy atom. The first kappa shape index (κ1) is 42.3. The molecule has 16 heteroatoms. The zero-order chi connectivity index (χ0) is 41.0. The molecule has 12 nitrogen and oxygen atoms in total. The number of rotatable bonds is 19. The van der Waals surface area contributed by atoms with Gasteiger partial charge in [-0.25, -0.2) is 9.59 Å². The number of thioether (sulfide) groups is 2. The van der Waals surface area contributed by atoms with E-state index in [1.165, 1.54) is 9.80 Å². The maximum Gasteiger partial charge on any atom is 0.327 e. The third kappa shape index (κ3) is 11.2. The lowest BCUT2D eigenvalue weighted by Crippen LogP contribution is -2.45. The number of nitrogens with zero attached hydrogens (tertiary/aromatic N) is 2. The normalized spacial score (nSPS) is 16.6. The number of hydrogen-bond donors (Lipinski definition) is 2. The van der Waals surface area contributed by atoms with Crippen LogP contribution in [0.15, 0.2) is 119 Å². The fourth-order valence-corrected chi connectivity index (χ4v) is 8.54. The summed E-state index contributed by atoms with van der Waals surface area (Å²) in [5.41, 5.74) is 3.01. The average molecular weight is 857 g/mol. The van der Waals surface area contributed by atoms with Gasteiger partial charge in [-0.2, -0.15) is 0 Å². The van der Waals surface area contributed by atoms with Crippen LogP contribution in [0.3, 0.4) is 0 Å². The van der Waals surface area contributed by atoms with E-state index in [0.717, 1.165) is 34.7 Å². The van der Waals surface area contributed by atoms with Crippen LogP contribution in [0, 0.1) is 0 Å². The standard InChI is InChI=1S/C42H36N2O10S4/c45-37-35(57-41(55)43(37)33(39(47)48)21-27-7-3-1-4-8-27)23-29-11-15-31(16-12-29)53-25-51-19-20-52-26-54-32-17-13-30(14-18-32)24-36-38(46)44(42(56)58-36)34(40(49)50)22-28-9-5-2-6-10-28/h1-18,23-24,33-34H,19-22,25-26H2,(H,47,48)(H,49,50). The molecule has 0 bridgehead atoms. The number of aliphatic carboxylic acids is 2. The Labute approximate surface area is 353 Å². The smallest absolute Gasteiger partial charge is 0.327 e. The molecule has 0 spiro atoms. The Morgan fingerprint density at radius 1 is 0.586 bits per heavy atom. The third-order valence-corrected chi connectivity index (χ3v) is 11.4. The predicted octanol–water partition coefficient (Wildman–Crippen LogP) is 6.89. The second kappa shape index (κ2) is 20.4. The van der Waals surface area contributed by atoms with E-state index in [1.807, 2.05) is 60.7 Å². The number of carbonyl (C=O) groups excluding carboxylic acids is 2. The van der Waals surface area contributed by atoms with E-state index in [-0.39, 0.29) is 48.3 Å². The topological polar surface area (TPSA) is 152 Å². The van der Waals surface area contributed by atoms with Crippen molar-refractivity contribution in [2.24, 2.45) is 0 Å². The summed E-state index contributed by atoms with van der Waals surface area (Å²) in [5.74, 6) is -2.06. The summed E-state index contributed by atoms with van der Waals surface area (Å²) in [4.78, 5) is 53.6. The van der Waals surface area contributed by atoms with Crippen molar-refractivity contribution in [3.05, 3.63) is 141 Å². The minimum Gasteiger partial charge on any atom is -0.480 e. The second-order valence-corrected chi connectivity index (χ2v) is 16.0. The monoisotopic (exact) mass is 856 g/mol. The molecule has 2 unspecified atom stereocenters. The van der Waals surface area contributed by atoms with Crippen molar-refractivity contribution in [2.75, 3.05) is 26.8 Å². The van der Waals surface area contributed by atoms with Crippen LogP contribution >= 0.6 is 48.0 Å². The van der Waals surface area contributed by atoms with Crippen LogP contribution in [0.1, 0.15) is 22.3 Å².